The standard InChI is InChI=1S/C9H25NSi2/c1-8(2)10(9(3,4)5)12-7-6-11/h8H,6-7,12H2,1-5,11H3. The van der Waals surface area contributed by atoms with Crippen LogP contribution in [0.2, 0.25) is 12.1 Å². The fraction of sp³-hybridized carbons (Fsp3) is 1.00. The summed E-state index contributed by atoms with van der Waals surface area (Å²) in [5.41, 5.74) is 0.400. The number of rotatable bonds is 4. The summed E-state index contributed by atoms with van der Waals surface area (Å²) in [4.78, 5) is 0. The van der Waals surface area contributed by atoms with E-state index >= 15 is 0 Å². The topological polar surface area (TPSA) is 3.24 Å². The third-order valence-electron chi connectivity index (χ3n) is 2.24. The zero-order valence-corrected chi connectivity index (χ0v) is 13.1. The second-order valence-electron chi connectivity index (χ2n) is 4.81. The summed E-state index contributed by atoms with van der Waals surface area (Å²) >= 11 is 0. The van der Waals surface area contributed by atoms with Crippen LogP contribution in [-0.4, -0.2) is 36.1 Å². The Morgan fingerprint density at radius 2 is 1.83 bits per heavy atom. The molecule has 3 heteroatoms. The molecular formula is C9H25NSi2. The third kappa shape index (κ3) is 4.43. The van der Waals surface area contributed by atoms with Crippen molar-refractivity contribution in [2.75, 3.05) is 0 Å². The van der Waals surface area contributed by atoms with Crippen LogP contribution in [0.15, 0.2) is 0 Å². The van der Waals surface area contributed by atoms with Gasteiger partial charge in [-0.2, -0.15) is 0 Å². The average molecular weight is 203 g/mol. The van der Waals surface area contributed by atoms with Gasteiger partial charge in [0.1, 0.15) is 0 Å². The van der Waals surface area contributed by atoms with Crippen molar-refractivity contribution in [3.8, 4) is 0 Å². The SMILES string of the molecule is CC(C)N([SiH2]CC[SiH3])C(C)(C)C. The maximum Gasteiger partial charge on any atom is 0.0956 e. The molecule has 0 aromatic carbocycles. The van der Waals surface area contributed by atoms with Crippen molar-refractivity contribution in [3.63, 3.8) is 0 Å². The quantitative estimate of drug-likeness (QED) is 0.611. The molecule has 0 N–H and O–H groups in total. The highest BCUT2D eigenvalue weighted by molar-refractivity contribution is 6.34. The van der Waals surface area contributed by atoms with Crippen LogP contribution in [0.5, 0.6) is 0 Å². The molecule has 0 aromatic heterocycles. The summed E-state index contributed by atoms with van der Waals surface area (Å²) in [5.74, 6) is 0. The van der Waals surface area contributed by atoms with Crippen LogP contribution in [0.3, 0.4) is 0 Å². The van der Waals surface area contributed by atoms with Gasteiger partial charge >= 0.3 is 0 Å². The lowest BCUT2D eigenvalue weighted by molar-refractivity contribution is 0.212. The van der Waals surface area contributed by atoms with Gasteiger partial charge in [0.25, 0.3) is 0 Å². The summed E-state index contributed by atoms with van der Waals surface area (Å²) < 4.78 is 2.73. The highest BCUT2D eigenvalue weighted by Crippen LogP contribution is 2.16. The molecule has 0 saturated carbocycles. The Labute approximate surface area is 83.2 Å². The number of hydrogen-bond acceptors (Lipinski definition) is 1. The first-order valence-electron chi connectivity index (χ1n) is 5.16. The van der Waals surface area contributed by atoms with E-state index in [1.807, 2.05) is 0 Å². The van der Waals surface area contributed by atoms with Crippen LogP contribution in [0.25, 0.3) is 0 Å². The Kier molecular flexibility index (Phi) is 5.36. The molecule has 0 unspecified atom stereocenters. The lowest BCUT2D eigenvalue weighted by Gasteiger charge is -2.39. The summed E-state index contributed by atoms with van der Waals surface area (Å²) in [6.45, 7) is 11.7. The monoisotopic (exact) mass is 203 g/mol. The van der Waals surface area contributed by atoms with Crippen LogP contribution in [0, 0.1) is 0 Å². The molecule has 0 aliphatic rings. The molecule has 0 amide bonds. The summed E-state index contributed by atoms with van der Waals surface area (Å²) in [5, 5.41) is 0. The van der Waals surface area contributed by atoms with E-state index < -0.39 is 0 Å². The van der Waals surface area contributed by atoms with Crippen LogP contribution >= 0.6 is 0 Å². The van der Waals surface area contributed by atoms with E-state index in [4.69, 9.17) is 0 Å². The first-order valence-corrected chi connectivity index (χ1v) is 8.21. The normalized spacial score (nSPS) is 14.2. The summed E-state index contributed by atoms with van der Waals surface area (Å²) in [7, 11) is 1.43. The summed E-state index contributed by atoms with van der Waals surface area (Å²) in [6.07, 6.45) is 0. The highest BCUT2D eigenvalue weighted by Gasteiger charge is 2.22. The molecule has 0 fully saturated rings. The maximum absolute atomic E-state index is 2.73. The lowest BCUT2D eigenvalue weighted by atomic mass is 10.1. The van der Waals surface area contributed by atoms with E-state index in [2.05, 4.69) is 39.2 Å². The zero-order chi connectivity index (χ0) is 9.78. The predicted octanol–water partition coefficient (Wildman–Crippen LogP) is 0.781. The minimum absolute atomic E-state index is 0.0417. The molecule has 0 aromatic rings. The summed E-state index contributed by atoms with van der Waals surface area (Å²) in [6, 6.07) is 3.75. The fourth-order valence-corrected chi connectivity index (χ4v) is 4.49. The van der Waals surface area contributed by atoms with Crippen molar-refractivity contribution in [3.05, 3.63) is 0 Å². The molecule has 0 rings (SSSR count). The van der Waals surface area contributed by atoms with Gasteiger partial charge in [0.05, 0.1) is 9.68 Å². The second kappa shape index (κ2) is 5.19. The molecule has 0 bridgehead atoms. The van der Waals surface area contributed by atoms with E-state index in [-0.39, 0.29) is 9.68 Å². The van der Waals surface area contributed by atoms with E-state index in [1.165, 1.54) is 22.3 Å². The molecule has 0 aliphatic heterocycles. The highest BCUT2D eigenvalue weighted by atomic mass is 28.2. The first-order chi connectivity index (χ1) is 5.39. The van der Waals surface area contributed by atoms with Crippen LogP contribution in [-0.2, 0) is 0 Å². The van der Waals surface area contributed by atoms with Gasteiger partial charge in [-0.25, -0.2) is 0 Å². The Morgan fingerprint density at radius 3 is 2.08 bits per heavy atom. The van der Waals surface area contributed by atoms with Crippen molar-refractivity contribution in [2.45, 2.75) is 58.3 Å². The molecule has 0 aliphatic carbocycles. The maximum atomic E-state index is 2.73. The van der Waals surface area contributed by atoms with E-state index in [0.29, 0.717) is 5.54 Å². The van der Waals surface area contributed by atoms with Crippen molar-refractivity contribution >= 4 is 19.9 Å². The largest absolute Gasteiger partial charge is 0.322 e. The Balaban J connectivity index is 4.05. The van der Waals surface area contributed by atoms with Gasteiger partial charge in [-0.05, 0) is 26.8 Å². The molecule has 0 atom stereocenters. The molecule has 0 spiro atoms. The average Bonchev–Trinajstić information content (AvgIpc) is 1.84. The van der Waals surface area contributed by atoms with Gasteiger partial charge < -0.3 is 4.57 Å². The van der Waals surface area contributed by atoms with Gasteiger partial charge in [0, 0.05) is 15.8 Å². The predicted molar refractivity (Wildman–Crippen MR) is 64.8 cm³/mol. The van der Waals surface area contributed by atoms with Gasteiger partial charge in [0.2, 0.25) is 0 Å². The molecule has 1 nitrogen and oxygen atoms in total. The minimum atomic E-state index is 0.0417. The molecule has 12 heavy (non-hydrogen) atoms. The zero-order valence-electron chi connectivity index (χ0n) is 9.65. The molecular weight excluding hydrogens is 178 g/mol. The van der Waals surface area contributed by atoms with Gasteiger partial charge in [0.15, 0.2) is 0 Å². The third-order valence-corrected chi connectivity index (χ3v) is 7.54. The Hall–Kier alpha value is 0.394. The van der Waals surface area contributed by atoms with Gasteiger partial charge in [-0.15, -0.1) is 0 Å². The van der Waals surface area contributed by atoms with E-state index in [9.17, 15) is 0 Å². The van der Waals surface area contributed by atoms with Crippen molar-refractivity contribution in [2.24, 2.45) is 0 Å². The minimum Gasteiger partial charge on any atom is -0.322 e. The van der Waals surface area contributed by atoms with Crippen LogP contribution in [0.4, 0.5) is 0 Å². The Bertz CT molecular complexity index is 118. The van der Waals surface area contributed by atoms with Crippen molar-refractivity contribution in [1.82, 2.24) is 4.57 Å². The van der Waals surface area contributed by atoms with Crippen LogP contribution in [0.1, 0.15) is 34.6 Å². The molecule has 74 valence electrons. The number of hydrogen-bond donors (Lipinski definition) is 0. The van der Waals surface area contributed by atoms with Gasteiger partial charge in [-0.3, -0.25) is 0 Å². The van der Waals surface area contributed by atoms with E-state index in [0.717, 1.165) is 6.04 Å². The number of nitrogens with zero attached hydrogens (tertiary/aromatic N) is 1. The Morgan fingerprint density at radius 1 is 1.33 bits per heavy atom. The smallest absolute Gasteiger partial charge is 0.0956 e. The van der Waals surface area contributed by atoms with Crippen molar-refractivity contribution < 1.29 is 0 Å². The second-order valence-corrected chi connectivity index (χ2v) is 7.65. The molecule has 0 heterocycles. The lowest BCUT2D eigenvalue weighted by Crippen LogP contribution is -2.47. The van der Waals surface area contributed by atoms with Crippen molar-refractivity contribution in [1.29, 1.82) is 0 Å². The van der Waals surface area contributed by atoms with E-state index in [1.54, 1.807) is 0 Å². The fourth-order valence-electron chi connectivity index (χ4n) is 1.70. The molecule has 0 saturated heterocycles. The van der Waals surface area contributed by atoms with Gasteiger partial charge in [-0.1, -0.05) is 25.9 Å². The first kappa shape index (κ1) is 12.4. The van der Waals surface area contributed by atoms with Crippen LogP contribution < -0.4 is 0 Å². The molecule has 0 radical (unpaired) electrons.